The molecule has 0 aromatic carbocycles. The summed E-state index contributed by atoms with van der Waals surface area (Å²) in [5, 5.41) is 2.71. The van der Waals surface area contributed by atoms with Crippen molar-refractivity contribution in [2.45, 2.75) is 46.1 Å². The Balaban J connectivity index is 3.58. The normalized spacial score (nSPS) is 15.1. The predicted molar refractivity (Wildman–Crippen MR) is 71.6 cm³/mol. The van der Waals surface area contributed by atoms with Crippen LogP contribution >= 0.6 is 0 Å². The molecule has 0 rings (SSSR count). The minimum atomic E-state index is -0.735. The van der Waals surface area contributed by atoms with Gasteiger partial charge in [-0.3, -0.25) is 4.21 Å². The van der Waals surface area contributed by atoms with Crippen molar-refractivity contribution in [1.29, 1.82) is 0 Å². The quantitative estimate of drug-likeness (QED) is 0.748. The lowest BCUT2D eigenvalue weighted by Gasteiger charge is -2.19. The van der Waals surface area contributed by atoms with Crippen molar-refractivity contribution in [3.05, 3.63) is 0 Å². The van der Waals surface area contributed by atoms with Gasteiger partial charge in [-0.05, 0) is 39.5 Å². The van der Waals surface area contributed by atoms with E-state index in [1.807, 2.05) is 20.8 Å². The molecule has 0 aliphatic carbocycles. The van der Waals surface area contributed by atoms with Crippen molar-refractivity contribution < 1.29 is 13.7 Å². The Morgan fingerprint density at radius 2 is 2.00 bits per heavy atom. The molecule has 0 saturated heterocycles. The van der Waals surface area contributed by atoms with Crippen LogP contribution in [0.5, 0.6) is 0 Å². The molecule has 0 bridgehead atoms. The molecular formula is C12H25NO3S. The van der Waals surface area contributed by atoms with Gasteiger partial charge < -0.3 is 10.1 Å². The van der Waals surface area contributed by atoms with Crippen LogP contribution in [-0.2, 0) is 15.5 Å². The van der Waals surface area contributed by atoms with Crippen LogP contribution in [-0.4, -0.2) is 34.5 Å². The predicted octanol–water partition coefficient (Wildman–Crippen LogP) is 2.31. The van der Waals surface area contributed by atoms with E-state index in [2.05, 4.69) is 12.2 Å². The van der Waals surface area contributed by atoms with Gasteiger partial charge in [-0.15, -0.1) is 0 Å². The largest absolute Gasteiger partial charge is 0.444 e. The van der Waals surface area contributed by atoms with Gasteiger partial charge in [0.1, 0.15) is 5.60 Å². The van der Waals surface area contributed by atoms with E-state index in [-0.39, 0.29) is 6.09 Å². The highest BCUT2D eigenvalue weighted by molar-refractivity contribution is 7.84. The average molecular weight is 263 g/mol. The molecule has 0 aromatic heterocycles. The minimum Gasteiger partial charge on any atom is -0.444 e. The third kappa shape index (κ3) is 11.7. The van der Waals surface area contributed by atoms with Crippen molar-refractivity contribution in [2.75, 3.05) is 18.6 Å². The average Bonchev–Trinajstić information content (AvgIpc) is 2.08. The molecule has 4 nitrogen and oxygen atoms in total. The summed E-state index contributed by atoms with van der Waals surface area (Å²) in [6.07, 6.45) is 3.20. The molecule has 17 heavy (non-hydrogen) atoms. The summed E-state index contributed by atoms with van der Waals surface area (Å²) in [6.45, 7) is 8.20. The fourth-order valence-corrected chi connectivity index (χ4v) is 2.41. The van der Waals surface area contributed by atoms with E-state index < -0.39 is 16.4 Å². The molecule has 1 amide bonds. The number of amides is 1. The Morgan fingerprint density at radius 3 is 2.47 bits per heavy atom. The van der Waals surface area contributed by atoms with Gasteiger partial charge in [0.15, 0.2) is 0 Å². The van der Waals surface area contributed by atoms with Crippen LogP contribution in [0.25, 0.3) is 0 Å². The highest BCUT2D eigenvalue weighted by Crippen LogP contribution is 2.08. The van der Waals surface area contributed by atoms with E-state index in [1.54, 1.807) is 6.26 Å². The van der Waals surface area contributed by atoms with Gasteiger partial charge in [0.2, 0.25) is 0 Å². The number of ether oxygens (including phenoxy) is 1. The number of carbonyl (C=O) groups excluding carboxylic acids is 1. The fraction of sp³-hybridized carbons (Fsp3) is 0.917. The van der Waals surface area contributed by atoms with E-state index in [0.717, 1.165) is 18.6 Å². The van der Waals surface area contributed by atoms with Crippen molar-refractivity contribution >= 4 is 16.9 Å². The lowest BCUT2D eigenvalue weighted by Crippen LogP contribution is -2.33. The molecule has 0 fully saturated rings. The number of hydrogen-bond acceptors (Lipinski definition) is 3. The molecule has 0 aliphatic heterocycles. The van der Waals surface area contributed by atoms with Crippen LogP contribution in [0.15, 0.2) is 0 Å². The van der Waals surface area contributed by atoms with E-state index in [0.29, 0.717) is 12.5 Å². The molecular weight excluding hydrogens is 238 g/mol. The Bertz CT molecular complexity index is 261. The van der Waals surface area contributed by atoms with Crippen LogP contribution in [0.4, 0.5) is 4.79 Å². The lowest BCUT2D eigenvalue weighted by atomic mass is 10.1. The zero-order valence-corrected chi connectivity index (χ0v) is 12.4. The van der Waals surface area contributed by atoms with Gasteiger partial charge in [-0.1, -0.05) is 6.92 Å². The first kappa shape index (κ1) is 16.4. The van der Waals surface area contributed by atoms with E-state index in [1.165, 1.54) is 0 Å². The third-order valence-corrected chi connectivity index (χ3v) is 3.10. The number of carbonyl (C=O) groups is 1. The summed E-state index contributed by atoms with van der Waals surface area (Å²) in [5.74, 6) is 1.16. The van der Waals surface area contributed by atoms with Crippen LogP contribution in [0.3, 0.4) is 0 Å². The summed E-state index contributed by atoms with van der Waals surface area (Å²) >= 11 is 0. The number of alkyl carbamates (subject to hydrolysis) is 1. The topological polar surface area (TPSA) is 55.4 Å². The Morgan fingerprint density at radius 1 is 1.41 bits per heavy atom. The maximum absolute atomic E-state index is 11.3. The molecule has 0 saturated carbocycles. The zero-order valence-electron chi connectivity index (χ0n) is 11.5. The lowest BCUT2D eigenvalue weighted by molar-refractivity contribution is 0.0526. The van der Waals surface area contributed by atoms with E-state index >= 15 is 0 Å². The van der Waals surface area contributed by atoms with E-state index in [9.17, 15) is 9.00 Å². The summed E-state index contributed by atoms with van der Waals surface area (Å²) in [5.41, 5.74) is -0.448. The first-order valence-corrected chi connectivity index (χ1v) is 7.70. The monoisotopic (exact) mass is 263 g/mol. The van der Waals surface area contributed by atoms with Crippen LogP contribution < -0.4 is 5.32 Å². The maximum atomic E-state index is 11.3. The number of hydrogen-bond donors (Lipinski definition) is 1. The van der Waals surface area contributed by atoms with Gasteiger partial charge in [-0.2, -0.15) is 0 Å². The second kappa shape index (κ2) is 7.69. The summed E-state index contributed by atoms with van der Waals surface area (Å²) in [6, 6.07) is 0. The van der Waals surface area contributed by atoms with Crippen LogP contribution in [0.2, 0.25) is 0 Å². The molecule has 2 atom stereocenters. The summed E-state index contributed by atoms with van der Waals surface area (Å²) in [4.78, 5) is 11.3. The first-order valence-electron chi connectivity index (χ1n) is 5.97. The molecule has 2 unspecified atom stereocenters. The standard InChI is InChI=1S/C12H25NO3S/c1-10(9-17(5)15)7-6-8-13-11(14)16-12(2,3)4/h10H,6-9H2,1-5H3,(H,13,14). The Hall–Kier alpha value is -0.580. The second-order valence-electron chi connectivity index (χ2n) is 5.42. The van der Waals surface area contributed by atoms with Gasteiger partial charge in [0, 0.05) is 29.4 Å². The second-order valence-corrected chi connectivity index (χ2v) is 6.90. The van der Waals surface area contributed by atoms with E-state index in [4.69, 9.17) is 4.74 Å². The molecule has 0 spiro atoms. The van der Waals surface area contributed by atoms with Crippen molar-refractivity contribution in [3.63, 3.8) is 0 Å². The third-order valence-electron chi connectivity index (χ3n) is 2.06. The molecule has 0 aliphatic rings. The first-order chi connectivity index (χ1) is 7.70. The molecule has 0 radical (unpaired) electrons. The van der Waals surface area contributed by atoms with Crippen molar-refractivity contribution in [1.82, 2.24) is 5.32 Å². The number of rotatable bonds is 6. The van der Waals surface area contributed by atoms with Crippen molar-refractivity contribution in [3.8, 4) is 0 Å². The minimum absolute atomic E-state index is 0.371. The van der Waals surface area contributed by atoms with Crippen LogP contribution in [0, 0.1) is 5.92 Å². The van der Waals surface area contributed by atoms with Gasteiger partial charge >= 0.3 is 6.09 Å². The maximum Gasteiger partial charge on any atom is 0.407 e. The smallest absolute Gasteiger partial charge is 0.407 e. The van der Waals surface area contributed by atoms with Crippen molar-refractivity contribution in [2.24, 2.45) is 5.92 Å². The zero-order chi connectivity index (χ0) is 13.5. The highest BCUT2D eigenvalue weighted by atomic mass is 32.2. The highest BCUT2D eigenvalue weighted by Gasteiger charge is 2.15. The molecule has 1 N–H and O–H groups in total. The summed E-state index contributed by atoms with van der Waals surface area (Å²) < 4.78 is 16.1. The molecule has 102 valence electrons. The van der Waals surface area contributed by atoms with Gasteiger partial charge in [0.25, 0.3) is 0 Å². The Labute approximate surface area is 107 Å². The molecule has 0 aromatic rings. The Kier molecular flexibility index (Phi) is 7.43. The molecule has 0 heterocycles. The van der Waals surface area contributed by atoms with Gasteiger partial charge in [0.05, 0.1) is 0 Å². The van der Waals surface area contributed by atoms with Gasteiger partial charge in [-0.25, -0.2) is 4.79 Å². The number of nitrogens with one attached hydrogen (secondary N) is 1. The molecule has 5 heteroatoms. The fourth-order valence-electron chi connectivity index (χ4n) is 1.44. The van der Waals surface area contributed by atoms with Crippen LogP contribution in [0.1, 0.15) is 40.5 Å². The summed E-state index contributed by atoms with van der Waals surface area (Å²) in [7, 11) is -0.735. The SMILES string of the molecule is CC(CCCNC(=O)OC(C)(C)C)CS(C)=O.